The number of esters is 1. The molecule has 2 rings (SSSR count). The van der Waals surface area contributed by atoms with E-state index in [4.69, 9.17) is 16.3 Å². The first-order valence-electron chi connectivity index (χ1n) is 7.84. The van der Waals surface area contributed by atoms with Crippen molar-refractivity contribution in [3.63, 3.8) is 0 Å². The molecular formula is C17H16ClF3N2O4. The lowest BCUT2D eigenvalue weighted by Crippen LogP contribution is -2.26. The summed E-state index contributed by atoms with van der Waals surface area (Å²) in [6.45, 7) is 4.16. The van der Waals surface area contributed by atoms with Crippen molar-refractivity contribution in [3.05, 3.63) is 55.7 Å². The zero-order valence-electron chi connectivity index (χ0n) is 14.7. The molecule has 0 saturated carbocycles. The maximum atomic E-state index is 12.9. The number of Topliss-reactive ketones (excluding diaryl/α,β-unsaturated/α-hetero) is 1. The lowest BCUT2D eigenvalue weighted by Gasteiger charge is -2.11. The molecule has 1 N–H and O–H groups in total. The second-order valence-electron chi connectivity index (χ2n) is 5.78. The first-order valence-corrected chi connectivity index (χ1v) is 8.21. The number of hydrogen-bond donors (Lipinski definition) is 1. The van der Waals surface area contributed by atoms with Gasteiger partial charge in [0.15, 0.2) is 5.78 Å². The maximum absolute atomic E-state index is 12.9. The zero-order valence-corrected chi connectivity index (χ0v) is 15.4. The number of rotatable bonds is 5. The number of ether oxygens (including phenoxy) is 1. The highest BCUT2D eigenvalue weighted by Crippen LogP contribution is 2.29. The molecule has 27 heavy (non-hydrogen) atoms. The number of hydrogen-bond acceptors (Lipinski definition) is 4. The van der Waals surface area contributed by atoms with Crippen LogP contribution in [0.15, 0.2) is 17.1 Å². The Morgan fingerprint density at radius 1 is 1.30 bits per heavy atom. The molecule has 10 heteroatoms. The third-order valence-electron chi connectivity index (χ3n) is 3.88. The van der Waals surface area contributed by atoms with Crippen LogP contribution in [0.4, 0.5) is 13.2 Å². The van der Waals surface area contributed by atoms with Gasteiger partial charge in [0.2, 0.25) is 0 Å². The van der Waals surface area contributed by atoms with E-state index >= 15 is 0 Å². The lowest BCUT2D eigenvalue weighted by molar-refractivity contribution is -0.138. The minimum Gasteiger partial charge on any atom is -0.462 e. The first kappa shape index (κ1) is 20.8. The quantitative estimate of drug-likeness (QED) is 0.610. The van der Waals surface area contributed by atoms with Crippen molar-refractivity contribution in [1.29, 1.82) is 0 Å². The van der Waals surface area contributed by atoms with Gasteiger partial charge in [-0.1, -0.05) is 11.6 Å². The Hall–Kier alpha value is -2.55. The van der Waals surface area contributed by atoms with E-state index in [1.165, 1.54) is 6.92 Å². The second-order valence-corrected chi connectivity index (χ2v) is 6.18. The van der Waals surface area contributed by atoms with Crippen molar-refractivity contribution in [2.24, 2.45) is 0 Å². The molecule has 146 valence electrons. The molecule has 0 fully saturated rings. The van der Waals surface area contributed by atoms with Gasteiger partial charge in [-0.2, -0.15) is 13.2 Å². The number of carbonyl (C=O) groups excluding carboxylic acids is 2. The Morgan fingerprint density at radius 3 is 2.48 bits per heavy atom. The van der Waals surface area contributed by atoms with Gasteiger partial charge in [0.05, 0.1) is 30.0 Å². The highest BCUT2D eigenvalue weighted by atomic mass is 35.5. The Labute approximate surface area is 156 Å². The van der Waals surface area contributed by atoms with Crippen molar-refractivity contribution >= 4 is 23.4 Å². The van der Waals surface area contributed by atoms with E-state index < -0.39 is 40.6 Å². The van der Waals surface area contributed by atoms with Crippen LogP contribution in [0.2, 0.25) is 5.02 Å². The molecule has 0 atom stereocenters. The van der Waals surface area contributed by atoms with Crippen LogP contribution in [0.5, 0.6) is 0 Å². The summed E-state index contributed by atoms with van der Waals surface area (Å²) in [5, 5.41) is -0.649. The van der Waals surface area contributed by atoms with Crippen LogP contribution in [-0.4, -0.2) is 27.9 Å². The predicted octanol–water partition coefficient (Wildman–Crippen LogP) is 3.53. The van der Waals surface area contributed by atoms with Crippen LogP contribution < -0.4 is 5.56 Å². The van der Waals surface area contributed by atoms with Crippen molar-refractivity contribution in [1.82, 2.24) is 9.55 Å². The summed E-state index contributed by atoms with van der Waals surface area (Å²) >= 11 is 5.58. The van der Waals surface area contributed by atoms with Gasteiger partial charge >= 0.3 is 12.1 Å². The van der Waals surface area contributed by atoms with Crippen molar-refractivity contribution < 1.29 is 27.5 Å². The average molecular weight is 405 g/mol. The van der Waals surface area contributed by atoms with E-state index in [9.17, 15) is 27.6 Å². The average Bonchev–Trinajstić information content (AvgIpc) is 2.85. The van der Waals surface area contributed by atoms with Gasteiger partial charge in [-0.25, -0.2) is 4.79 Å². The minimum absolute atomic E-state index is 0.0102. The van der Waals surface area contributed by atoms with E-state index in [0.717, 1.165) is 0 Å². The van der Waals surface area contributed by atoms with Gasteiger partial charge in [0, 0.05) is 11.9 Å². The number of aryl methyl sites for hydroxylation is 1. The van der Waals surface area contributed by atoms with E-state index in [0.29, 0.717) is 28.1 Å². The Balaban J connectivity index is 2.42. The first-order chi connectivity index (χ1) is 12.5. The Bertz CT molecular complexity index is 960. The van der Waals surface area contributed by atoms with Gasteiger partial charge < -0.3 is 14.3 Å². The van der Waals surface area contributed by atoms with Crippen LogP contribution >= 0.6 is 11.6 Å². The molecule has 0 spiro atoms. The summed E-state index contributed by atoms with van der Waals surface area (Å²) in [5.41, 5.74) is -1.22. The van der Waals surface area contributed by atoms with E-state index in [1.807, 2.05) is 0 Å². The summed E-state index contributed by atoms with van der Waals surface area (Å²) in [5.74, 6) is -1.30. The molecule has 0 unspecified atom stereocenters. The predicted molar refractivity (Wildman–Crippen MR) is 91.3 cm³/mol. The van der Waals surface area contributed by atoms with Gasteiger partial charge in [-0.05, 0) is 32.4 Å². The number of H-pyrrole nitrogens is 1. The maximum Gasteiger partial charge on any atom is 0.417 e. The molecule has 0 aliphatic heterocycles. The number of aromatic nitrogens is 2. The molecule has 0 aromatic carbocycles. The number of nitrogens with zero attached hydrogens (tertiary/aromatic N) is 1. The summed E-state index contributed by atoms with van der Waals surface area (Å²) in [7, 11) is 0. The van der Waals surface area contributed by atoms with E-state index in [1.54, 1.807) is 13.8 Å². The van der Waals surface area contributed by atoms with Crippen LogP contribution in [0, 0.1) is 13.8 Å². The smallest absolute Gasteiger partial charge is 0.417 e. The number of carbonyl (C=O) groups is 2. The number of ketones is 1. The molecule has 0 aliphatic carbocycles. The lowest BCUT2D eigenvalue weighted by atomic mass is 10.1. The molecule has 6 nitrogen and oxygen atoms in total. The van der Waals surface area contributed by atoms with Crippen LogP contribution in [0.25, 0.3) is 0 Å². The third-order valence-corrected chi connectivity index (χ3v) is 4.15. The standard InChI is InChI=1S/C17H16ClF3N2O4/c1-4-27-16(26)13-8(2)14(22-9(13)3)12(24)7-23-6-10(17(19,20)21)5-11(18)15(23)25/h5-6,22H,4,7H2,1-3H3. The zero-order chi connectivity index (χ0) is 20.5. The van der Waals surface area contributed by atoms with Crippen molar-refractivity contribution in [3.8, 4) is 0 Å². The highest BCUT2D eigenvalue weighted by molar-refractivity contribution is 6.30. The van der Waals surface area contributed by atoms with Crippen LogP contribution in [0.1, 0.15) is 44.6 Å². The number of aromatic amines is 1. The minimum atomic E-state index is -4.72. The molecule has 0 amide bonds. The summed E-state index contributed by atoms with van der Waals surface area (Å²) in [6.07, 6.45) is -4.19. The Morgan fingerprint density at radius 2 is 1.93 bits per heavy atom. The fraction of sp³-hybridized carbons (Fsp3) is 0.353. The second kappa shape index (κ2) is 7.59. The van der Waals surface area contributed by atoms with Gasteiger partial charge in [-0.15, -0.1) is 0 Å². The van der Waals surface area contributed by atoms with Gasteiger partial charge in [0.1, 0.15) is 5.02 Å². The summed E-state index contributed by atoms with van der Waals surface area (Å²) in [6, 6.07) is 0.508. The summed E-state index contributed by atoms with van der Waals surface area (Å²) < 4.78 is 44.2. The molecule has 0 saturated heterocycles. The number of pyridine rings is 1. The SMILES string of the molecule is CCOC(=O)c1c(C)[nH]c(C(=O)Cn2cc(C(F)(F)F)cc(Cl)c2=O)c1C. The largest absolute Gasteiger partial charge is 0.462 e. The molecule has 0 aliphatic rings. The number of alkyl halides is 3. The molecule has 0 bridgehead atoms. The van der Waals surface area contributed by atoms with Crippen LogP contribution in [-0.2, 0) is 17.5 Å². The molecule has 0 radical (unpaired) electrons. The number of halogens is 4. The van der Waals surface area contributed by atoms with Crippen molar-refractivity contribution in [2.45, 2.75) is 33.5 Å². The van der Waals surface area contributed by atoms with Crippen molar-refractivity contribution in [2.75, 3.05) is 6.61 Å². The van der Waals surface area contributed by atoms with Gasteiger partial charge in [-0.3, -0.25) is 9.59 Å². The fourth-order valence-corrected chi connectivity index (χ4v) is 2.87. The molecule has 2 aromatic rings. The summed E-state index contributed by atoms with van der Waals surface area (Å²) in [4.78, 5) is 39.2. The third kappa shape index (κ3) is 4.24. The topological polar surface area (TPSA) is 81.2 Å². The number of nitrogens with one attached hydrogen (secondary N) is 1. The van der Waals surface area contributed by atoms with E-state index in [2.05, 4.69) is 4.98 Å². The molecular weight excluding hydrogens is 389 g/mol. The van der Waals surface area contributed by atoms with Gasteiger partial charge in [0.25, 0.3) is 5.56 Å². The fourth-order valence-electron chi connectivity index (χ4n) is 2.64. The Kier molecular flexibility index (Phi) is 5.84. The normalized spacial score (nSPS) is 11.5. The van der Waals surface area contributed by atoms with E-state index in [-0.39, 0.29) is 17.9 Å². The monoisotopic (exact) mass is 404 g/mol. The molecule has 2 aromatic heterocycles. The van der Waals surface area contributed by atoms with Crippen LogP contribution in [0.3, 0.4) is 0 Å². The highest BCUT2D eigenvalue weighted by Gasteiger charge is 2.32. The molecule has 2 heterocycles.